The normalized spacial score (nSPS) is 25.9. The van der Waals surface area contributed by atoms with Crippen LogP contribution in [0.25, 0.3) is 0 Å². The predicted molar refractivity (Wildman–Crippen MR) is 108 cm³/mol. The summed E-state index contributed by atoms with van der Waals surface area (Å²) in [4.78, 5) is 4.71. The van der Waals surface area contributed by atoms with Crippen LogP contribution >= 0.6 is 35.7 Å². The highest BCUT2D eigenvalue weighted by molar-refractivity contribution is 14.0. The van der Waals surface area contributed by atoms with Crippen molar-refractivity contribution in [1.82, 2.24) is 10.6 Å². The number of nitrogens with zero attached hydrogens (tertiary/aromatic N) is 1. The van der Waals surface area contributed by atoms with Crippen LogP contribution in [0, 0.1) is 5.41 Å². The van der Waals surface area contributed by atoms with Crippen molar-refractivity contribution in [3.63, 3.8) is 0 Å². The zero-order chi connectivity index (χ0) is 15.1. The fraction of sp³-hybridized carbons (Fsp3) is 0.938. The first kappa shape index (κ1) is 20.4. The molecular weight excluding hydrogens is 409 g/mol. The van der Waals surface area contributed by atoms with Crippen LogP contribution in [0.4, 0.5) is 0 Å². The molecule has 0 aromatic rings. The summed E-state index contributed by atoms with van der Waals surface area (Å²) in [6, 6.07) is 0.543. The molecule has 2 aliphatic carbocycles. The SMILES string of the molecule is CCNC(=NCCCSC)NC1CC(OCC)C12CCC2.I. The summed E-state index contributed by atoms with van der Waals surface area (Å²) >= 11 is 1.89. The van der Waals surface area contributed by atoms with Gasteiger partial charge in [-0.05, 0) is 51.5 Å². The van der Waals surface area contributed by atoms with Gasteiger partial charge in [0.05, 0.1) is 6.10 Å². The number of hydrogen-bond acceptors (Lipinski definition) is 3. The second-order valence-corrected chi connectivity index (χ2v) is 7.06. The van der Waals surface area contributed by atoms with Crippen molar-refractivity contribution in [2.75, 3.05) is 31.7 Å². The molecule has 0 amide bonds. The second-order valence-electron chi connectivity index (χ2n) is 6.07. The lowest BCUT2D eigenvalue weighted by molar-refractivity contribution is -0.168. The van der Waals surface area contributed by atoms with E-state index in [-0.39, 0.29) is 24.0 Å². The van der Waals surface area contributed by atoms with E-state index in [1.165, 1.54) is 25.0 Å². The lowest BCUT2D eigenvalue weighted by Gasteiger charge is -2.61. The number of guanidine groups is 1. The Labute approximate surface area is 157 Å². The first-order valence-electron chi connectivity index (χ1n) is 8.42. The predicted octanol–water partition coefficient (Wildman–Crippen LogP) is 3.26. The zero-order valence-corrected chi connectivity index (χ0v) is 17.3. The molecule has 2 N–H and O–H groups in total. The van der Waals surface area contributed by atoms with Crippen LogP contribution in [0.3, 0.4) is 0 Å². The minimum Gasteiger partial charge on any atom is -0.378 e. The van der Waals surface area contributed by atoms with Crippen molar-refractivity contribution >= 4 is 41.7 Å². The maximum atomic E-state index is 5.92. The molecule has 2 rings (SSSR count). The molecule has 22 heavy (non-hydrogen) atoms. The van der Waals surface area contributed by atoms with Crippen molar-refractivity contribution in [1.29, 1.82) is 0 Å². The largest absolute Gasteiger partial charge is 0.378 e. The van der Waals surface area contributed by atoms with Gasteiger partial charge in [-0.1, -0.05) is 6.42 Å². The summed E-state index contributed by atoms with van der Waals surface area (Å²) in [5.74, 6) is 2.17. The number of thioether (sulfide) groups is 1. The number of rotatable bonds is 8. The molecule has 2 unspecified atom stereocenters. The van der Waals surface area contributed by atoms with E-state index in [0.717, 1.165) is 38.5 Å². The minimum absolute atomic E-state index is 0. The Morgan fingerprint density at radius 1 is 1.36 bits per heavy atom. The van der Waals surface area contributed by atoms with Crippen LogP contribution in [0.2, 0.25) is 0 Å². The van der Waals surface area contributed by atoms with Crippen molar-refractivity contribution in [2.45, 2.75) is 58.1 Å². The van der Waals surface area contributed by atoms with Gasteiger partial charge in [0.15, 0.2) is 5.96 Å². The van der Waals surface area contributed by atoms with Gasteiger partial charge in [0, 0.05) is 31.2 Å². The second kappa shape index (κ2) is 10.2. The fourth-order valence-corrected chi connectivity index (χ4v) is 3.94. The Morgan fingerprint density at radius 2 is 2.14 bits per heavy atom. The molecule has 2 fully saturated rings. The first-order chi connectivity index (χ1) is 10.3. The lowest BCUT2D eigenvalue weighted by Crippen LogP contribution is -2.68. The fourth-order valence-electron chi connectivity index (χ4n) is 3.53. The lowest BCUT2D eigenvalue weighted by atomic mass is 9.51. The maximum Gasteiger partial charge on any atom is 0.191 e. The summed E-state index contributed by atoms with van der Waals surface area (Å²) in [5.41, 5.74) is 0.394. The monoisotopic (exact) mass is 441 g/mol. The average Bonchev–Trinajstić information content (AvgIpc) is 2.40. The summed E-state index contributed by atoms with van der Waals surface area (Å²) in [6.07, 6.45) is 8.85. The Morgan fingerprint density at radius 3 is 2.68 bits per heavy atom. The minimum atomic E-state index is 0. The van der Waals surface area contributed by atoms with Crippen LogP contribution in [-0.4, -0.2) is 49.8 Å². The topological polar surface area (TPSA) is 45.7 Å². The van der Waals surface area contributed by atoms with E-state index in [4.69, 9.17) is 9.73 Å². The Kier molecular flexibility index (Phi) is 9.47. The molecule has 2 saturated carbocycles. The molecule has 0 aromatic carbocycles. The smallest absolute Gasteiger partial charge is 0.191 e. The number of halogens is 1. The highest BCUT2D eigenvalue weighted by Gasteiger charge is 2.59. The van der Waals surface area contributed by atoms with Gasteiger partial charge in [0.25, 0.3) is 0 Å². The molecule has 0 radical (unpaired) electrons. The standard InChI is InChI=1S/C16H31N3OS.HI/c1-4-17-15(18-10-7-11-21-3)19-13-12-14(20-5-2)16(13)8-6-9-16;/h13-14H,4-12H2,1-3H3,(H2,17,18,19);1H. The summed E-state index contributed by atoms with van der Waals surface area (Å²) in [5, 5.41) is 7.05. The van der Waals surface area contributed by atoms with Crippen molar-refractivity contribution in [3.8, 4) is 0 Å². The van der Waals surface area contributed by atoms with E-state index in [9.17, 15) is 0 Å². The van der Waals surface area contributed by atoms with E-state index in [1.807, 2.05) is 11.8 Å². The van der Waals surface area contributed by atoms with Gasteiger partial charge < -0.3 is 15.4 Å². The molecule has 4 nitrogen and oxygen atoms in total. The Balaban J connectivity index is 0.00000242. The van der Waals surface area contributed by atoms with Gasteiger partial charge in [-0.25, -0.2) is 0 Å². The Hall–Kier alpha value is 0.310. The van der Waals surface area contributed by atoms with Gasteiger partial charge in [-0.3, -0.25) is 4.99 Å². The molecule has 0 saturated heterocycles. The third-order valence-corrected chi connectivity index (χ3v) is 5.57. The molecule has 0 aliphatic heterocycles. The first-order valence-corrected chi connectivity index (χ1v) is 9.81. The molecular formula is C16H32IN3OS. The molecule has 1 spiro atoms. The molecule has 6 heteroatoms. The van der Waals surface area contributed by atoms with E-state index in [2.05, 4.69) is 30.7 Å². The van der Waals surface area contributed by atoms with Crippen LogP contribution in [0.15, 0.2) is 4.99 Å². The van der Waals surface area contributed by atoms with Crippen molar-refractivity contribution in [3.05, 3.63) is 0 Å². The molecule has 0 aromatic heterocycles. The maximum absolute atomic E-state index is 5.92. The number of hydrogen-bond donors (Lipinski definition) is 2. The number of ether oxygens (including phenoxy) is 1. The highest BCUT2D eigenvalue weighted by atomic mass is 127. The summed E-state index contributed by atoms with van der Waals surface area (Å²) in [7, 11) is 0. The van der Waals surface area contributed by atoms with Crippen molar-refractivity contribution < 1.29 is 4.74 Å². The van der Waals surface area contributed by atoms with Crippen LogP contribution < -0.4 is 10.6 Å². The Bertz CT molecular complexity index is 350. The molecule has 2 atom stereocenters. The number of nitrogens with one attached hydrogen (secondary N) is 2. The third kappa shape index (κ3) is 4.66. The number of aliphatic imine (C=N–C) groups is 1. The average molecular weight is 441 g/mol. The van der Waals surface area contributed by atoms with Gasteiger partial charge >= 0.3 is 0 Å². The van der Waals surface area contributed by atoms with Gasteiger partial charge in [-0.15, -0.1) is 24.0 Å². The van der Waals surface area contributed by atoms with E-state index in [1.54, 1.807) is 0 Å². The van der Waals surface area contributed by atoms with Gasteiger partial charge in [-0.2, -0.15) is 11.8 Å². The van der Waals surface area contributed by atoms with Crippen LogP contribution in [0.5, 0.6) is 0 Å². The molecule has 130 valence electrons. The molecule has 0 heterocycles. The van der Waals surface area contributed by atoms with Crippen LogP contribution in [0.1, 0.15) is 46.0 Å². The molecule has 2 aliphatic rings. The van der Waals surface area contributed by atoms with Crippen molar-refractivity contribution in [2.24, 2.45) is 10.4 Å². The summed E-state index contributed by atoms with van der Waals surface area (Å²) < 4.78 is 5.92. The zero-order valence-electron chi connectivity index (χ0n) is 14.2. The van der Waals surface area contributed by atoms with Gasteiger partial charge in [0.2, 0.25) is 0 Å². The van der Waals surface area contributed by atoms with E-state index >= 15 is 0 Å². The van der Waals surface area contributed by atoms with E-state index < -0.39 is 0 Å². The molecule has 0 bridgehead atoms. The summed E-state index contributed by atoms with van der Waals surface area (Å²) in [6.45, 7) is 6.89. The van der Waals surface area contributed by atoms with Gasteiger partial charge in [0.1, 0.15) is 0 Å². The highest BCUT2D eigenvalue weighted by Crippen LogP contribution is 2.57. The third-order valence-electron chi connectivity index (χ3n) is 4.87. The quantitative estimate of drug-likeness (QED) is 0.263. The van der Waals surface area contributed by atoms with Crippen LogP contribution in [-0.2, 0) is 4.74 Å². The van der Waals surface area contributed by atoms with E-state index in [0.29, 0.717) is 17.6 Å².